The van der Waals surface area contributed by atoms with Gasteiger partial charge in [-0.3, -0.25) is 4.79 Å². The van der Waals surface area contributed by atoms with Crippen LogP contribution < -0.4 is 4.74 Å². The summed E-state index contributed by atoms with van der Waals surface area (Å²) in [5.41, 5.74) is 0.240. The molecule has 0 unspecified atom stereocenters. The van der Waals surface area contributed by atoms with Gasteiger partial charge in [0.15, 0.2) is 0 Å². The molecule has 0 aromatic heterocycles. The number of para-hydroxylation sites is 1. The van der Waals surface area contributed by atoms with Gasteiger partial charge < -0.3 is 4.74 Å². The first-order valence-electron chi connectivity index (χ1n) is 5.66. The average Bonchev–Trinajstić information content (AvgIpc) is 2.64. The van der Waals surface area contributed by atoms with E-state index in [1.807, 2.05) is 24.3 Å². The molecule has 20 heavy (non-hydrogen) atoms. The number of hydrogen-bond donors (Lipinski definition) is 0. The fourth-order valence-corrected chi connectivity index (χ4v) is 5.92. The van der Waals surface area contributed by atoms with Gasteiger partial charge in [-0.05, 0) is 18.2 Å². The summed E-state index contributed by atoms with van der Waals surface area (Å²) in [6.07, 6.45) is 0. The van der Waals surface area contributed by atoms with E-state index < -0.39 is 14.0 Å². The van der Waals surface area contributed by atoms with Crippen molar-refractivity contribution in [1.82, 2.24) is 0 Å². The van der Waals surface area contributed by atoms with Crippen LogP contribution in [0.2, 0.25) is 0 Å². The van der Waals surface area contributed by atoms with E-state index in [1.54, 1.807) is 6.07 Å². The molecule has 2 aromatic rings. The maximum Gasteiger partial charge on any atom is 0.238 e. The molecule has 4 rings (SSSR count). The van der Waals surface area contributed by atoms with Crippen molar-refractivity contribution in [2.45, 2.75) is 14.7 Å². The minimum absolute atomic E-state index is 0.0474. The van der Waals surface area contributed by atoms with Crippen LogP contribution >= 0.6 is 22.6 Å². The van der Waals surface area contributed by atoms with Crippen LogP contribution in [0.4, 0.5) is 0 Å². The lowest BCUT2D eigenvalue weighted by molar-refractivity contribution is 0.108. The highest BCUT2D eigenvalue weighted by molar-refractivity contribution is 8.78. The second kappa shape index (κ2) is 4.03. The van der Waals surface area contributed by atoms with Crippen molar-refractivity contribution in [1.29, 1.82) is 0 Å². The monoisotopic (exact) mass is 322 g/mol. The third-order valence-electron chi connectivity index (χ3n) is 3.01. The molecule has 0 fully saturated rings. The van der Waals surface area contributed by atoms with Crippen molar-refractivity contribution in [3.8, 4) is 11.5 Å². The maximum atomic E-state index is 11.9. The van der Waals surface area contributed by atoms with E-state index in [4.69, 9.17) is 4.74 Å². The predicted molar refractivity (Wildman–Crippen MR) is 76.2 cm³/mol. The van der Waals surface area contributed by atoms with E-state index in [2.05, 4.69) is 0 Å². The van der Waals surface area contributed by atoms with Gasteiger partial charge in [-0.25, -0.2) is 8.42 Å². The summed E-state index contributed by atoms with van der Waals surface area (Å²) < 4.78 is 29.5. The Morgan fingerprint density at radius 1 is 1.00 bits per heavy atom. The van der Waals surface area contributed by atoms with Crippen molar-refractivity contribution < 1.29 is 17.9 Å². The molecule has 7 heteroatoms. The van der Waals surface area contributed by atoms with Crippen LogP contribution in [0.3, 0.4) is 0 Å². The predicted octanol–water partition coefficient (Wildman–Crippen LogP) is 3.52. The van der Waals surface area contributed by atoms with E-state index in [0.717, 1.165) is 9.79 Å². The molecule has 2 heterocycles. The number of benzene rings is 2. The SMILES string of the molecule is O=C1SS(=O)(=O)c2cc3c(cc21)Sc1ccccc1O3. The molecule has 2 aliphatic rings. The van der Waals surface area contributed by atoms with E-state index in [-0.39, 0.29) is 10.5 Å². The van der Waals surface area contributed by atoms with Gasteiger partial charge in [0.05, 0.1) is 31.0 Å². The molecular weight excluding hydrogens is 316 g/mol. The normalized spacial score (nSPS) is 17.9. The van der Waals surface area contributed by atoms with E-state index >= 15 is 0 Å². The molecule has 4 nitrogen and oxygen atoms in total. The van der Waals surface area contributed by atoms with Gasteiger partial charge in [0.25, 0.3) is 0 Å². The number of ether oxygens (including phenoxy) is 1. The minimum Gasteiger partial charge on any atom is -0.455 e. The van der Waals surface area contributed by atoms with Gasteiger partial charge in [0.1, 0.15) is 11.5 Å². The number of rotatable bonds is 0. The van der Waals surface area contributed by atoms with Crippen molar-refractivity contribution in [2.24, 2.45) is 0 Å². The molecule has 0 radical (unpaired) electrons. The van der Waals surface area contributed by atoms with E-state index in [0.29, 0.717) is 22.3 Å². The third-order valence-corrected chi connectivity index (χ3v) is 7.22. The standard InChI is InChI=1S/C13H6O4S3/c14-13-7-5-11-9(6-12(7)20(15,16)19-13)17-8-3-1-2-4-10(8)18-11/h1-6H. The maximum absolute atomic E-state index is 11.9. The first kappa shape index (κ1) is 12.3. The third kappa shape index (κ3) is 1.70. The number of carbonyl (C=O) groups is 1. The highest BCUT2D eigenvalue weighted by atomic mass is 33.1. The molecule has 2 aromatic carbocycles. The molecule has 0 N–H and O–H groups in total. The lowest BCUT2D eigenvalue weighted by atomic mass is 10.2. The van der Waals surface area contributed by atoms with E-state index in [9.17, 15) is 13.2 Å². The quantitative estimate of drug-likeness (QED) is 0.590. The van der Waals surface area contributed by atoms with Crippen LogP contribution in [0.15, 0.2) is 51.1 Å². The Morgan fingerprint density at radius 3 is 2.65 bits per heavy atom. The summed E-state index contributed by atoms with van der Waals surface area (Å²) in [7, 11) is -3.23. The van der Waals surface area contributed by atoms with Crippen molar-refractivity contribution >= 4 is 36.5 Å². The number of hydrogen-bond acceptors (Lipinski definition) is 6. The average molecular weight is 322 g/mol. The molecule has 0 spiro atoms. The molecule has 0 saturated carbocycles. The van der Waals surface area contributed by atoms with Gasteiger partial charge in [-0.15, -0.1) is 0 Å². The highest BCUT2D eigenvalue weighted by Gasteiger charge is 2.37. The van der Waals surface area contributed by atoms with Crippen LogP contribution in [0.25, 0.3) is 0 Å². The molecule has 0 aliphatic carbocycles. The molecule has 2 aliphatic heterocycles. The summed E-state index contributed by atoms with van der Waals surface area (Å²) in [5, 5.41) is -0.428. The molecule has 0 atom stereocenters. The lowest BCUT2D eigenvalue weighted by Crippen LogP contribution is -1.99. The fourth-order valence-electron chi connectivity index (χ4n) is 2.11. The Hall–Kier alpha value is -1.44. The Kier molecular flexibility index (Phi) is 2.48. The number of carbonyl (C=O) groups excluding carboxylic acids is 1. The largest absolute Gasteiger partial charge is 0.455 e. The highest BCUT2D eigenvalue weighted by Crippen LogP contribution is 2.50. The van der Waals surface area contributed by atoms with Gasteiger partial charge in [0, 0.05) is 6.07 Å². The summed E-state index contributed by atoms with van der Waals surface area (Å²) in [6.45, 7) is 0. The Balaban J connectivity index is 1.92. The summed E-state index contributed by atoms with van der Waals surface area (Å²) in [6, 6.07) is 10.6. The summed E-state index contributed by atoms with van der Waals surface area (Å²) >= 11 is 1.47. The Morgan fingerprint density at radius 2 is 1.80 bits per heavy atom. The van der Waals surface area contributed by atoms with Crippen LogP contribution in [0.5, 0.6) is 11.5 Å². The van der Waals surface area contributed by atoms with Crippen molar-refractivity contribution in [2.75, 3.05) is 0 Å². The van der Waals surface area contributed by atoms with Gasteiger partial charge >= 0.3 is 0 Å². The first-order valence-corrected chi connectivity index (χ1v) is 9.29. The molecule has 0 bridgehead atoms. The Bertz CT molecular complexity index is 871. The fraction of sp³-hybridized carbons (Fsp3) is 0. The van der Waals surface area contributed by atoms with Gasteiger partial charge in [-0.2, -0.15) is 0 Å². The Labute approximate surface area is 122 Å². The second-order valence-electron chi connectivity index (χ2n) is 4.27. The van der Waals surface area contributed by atoms with Crippen molar-refractivity contribution in [3.05, 3.63) is 42.0 Å². The zero-order chi connectivity index (χ0) is 13.9. The summed E-state index contributed by atoms with van der Waals surface area (Å²) in [5.74, 6) is 1.17. The zero-order valence-corrected chi connectivity index (χ0v) is 12.3. The molecule has 0 saturated heterocycles. The zero-order valence-electron chi connectivity index (χ0n) is 9.82. The second-order valence-corrected chi connectivity index (χ2v) is 9.06. The van der Waals surface area contributed by atoms with Crippen LogP contribution in [0, 0.1) is 0 Å². The number of fused-ring (bicyclic) bond motifs is 3. The molecule has 0 amide bonds. The van der Waals surface area contributed by atoms with E-state index in [1.165, 1.54) is 17.8 Å². The van der Waals surface area contributed by atoms with Gasteiger partial charge in [-0.1, -0.05) is 23.9 Å². The van der Waals surface area contributed by atoms with Gasteiger partial charge in [0.2, 0.25) is 14.0 Å². The summed E-state index contributed by atoms with van der Waals surface area (Å²) in [4.78, 5) is 13.5. The lowest BCUT2D eigenvalue weighted by Gasteiger charge is -2.19. The smallest absolute Gasteiger partial charge is 0.238 e. The van der Waals surface area contributed by atoms with Crippen LogP contribution in [-0.4, -0.2) is 13.5 Å². The van der Waals surface area contributed by atoms with Crippen molar-refractivity contribution in [3.63, 3.8) is 0 Å². The molecule has 100 valence electrons. The van der Waals surface area contributed by atoms with Crippen LogP contribution in [-0.2, 0) is 8.87 Å². The minimum atomic E-state index is -3.59. The first-order chi connectivity index (χ1) is 9.54. The topological polar surface area (TPSA) is 60.4 Å². The molecular formula is C13H6O4S3. The van der Waals surface area contributed by atoms with Crippen LogP contribution in [0.1, 0.15) is 10.4 Å².